The molecule has 4 aromatic carbocycles. The lowest BCUT2D eigenvalue weighted by atomic mass is 9.98. The van der Waals surface area contributed by atoms with Gasteiger partial charge in [0.15, 0.2) is 0 Å². The highest BCUT2D eigenvalue weighted by molar-refractivity contribution is 9.10. The largest absolute Gasteiger partial charge is 0.456 e. The summed E-state index contributed by atoms with van der Waals surface area (Å²) in [6.45, 7) is 0. The lowest BCUT2D eigenvalue weighted by molar-refractivity contribution is 0.669. The molecule has 0 amide bonds. The molecule has 0 unspecified atom stereocenters. The molecule has 5 rings (SSSR count). The van der Waals surface area contributed by atoms with Crippen LogP contribution in [0, 0.1) is 0 Å². The molecule has 1 nitrogen and oxygen atoms in total. The molecule has 0 fully saturated rings. The van der Waals surface area contributed by atoms with E-state index in [2.05, 4.69) is 88.7 Å². The summed E-state index contributed by atoms with van der Waals surface area (Å²) in [5.74, 6) is 0. The van der Waals surface area contributed by atoms with Crippen molar-refractivity contribution < 1.29 is 4.42 Å². The summed E-state index contributed by atoms with van der Waals surface area (Å²) in [5.41, 5.74) is 6.64. The van der Waals surface area contributed by atoms with Gasteiger partial charge in [-0.2, -0.15) is 0 Å². The quantitative estimate of drug-likeness (QED) is 0.297. The molecule has 26 heavy (non-hydrogen) atoms. The molecule has 124 valence electrons. The fraction of sp³-hybridized carbons (Fsp3) is 0. The average Bonchev–Trinajstić information content (AvgIpc) is 3.06. The predicted molar refractivity (Wildman–Crippen MR) is 112 cm³/mol. The van der Waals surface area contributed by atoms with Crippen LogP contribution in [-0.4, -0.2) is 0 Å². The molecule has 0 spiro atoms. The van der Waals surface area contributed by atoms with E-state index in [1.807, 2.05) is 18.2 Å². The van der Waals surface area contributed by atoms with Gasteiger partial charge in [0.1, 0.15) is 11.2 Å². The van der Waals surface area contributed by atoms with Crippen molar-refractivity contribution in [1.29, 1.82) is 0 Å². The van der Waals surface area contributed by atoms with Crippen molar-refractivity contribution in [3.05, 3.63) is 95.5 Å². The van der Waals surface area contributed by atoms with Gasteiger partial charge in [0.05, 0.1) is 0 Å². The topological polar surface area (TPSA) is 13.1 Å². The van der Waals surface area contributed by atoms with Crippen LogP contribution in [0.2, 0.25) is 0 Å². The van der Waals surface area contributed by atoms with E-state index >= 15 is 0 Å². The third kappa shape index (κ3) is 2.63. The van der Waals surface area contributed by atoms with Crippen molar-refractivity contribution in [3.8, 4) is 22.3 Å². The number of hydrogen-bond donors (Lipinski definition) is 0. The van der Waals surface area contributed by atoms with Gasteiger partial charge in [0.25, 0.3) is 0 Å². The molecule has 0 aliphatic rings. The first kappa shape index (κ1) is 15.4. The Morgan fingerprint density at radius 1 is 0.500 bits per heavy atom. The number of furan rings is 1. The molecule has 0 atom stereocenters. The standard InChI is InChI=1S/C24H15BrO/c25-20-13-18(16-6-2-1-3-7-16)12-19(14-20)17-10-11-24-22(15-17)21-8-4-5-9-23(21)26-24/h1-15H. The van der Waals surface area contributed by atoms with Gasteiger partial charge in [-0.15, -0.1) is 0 Å². The van der Waals surface area contributed by atoms with E-state index in [0.717, 1.165) is 26.4 Å². The Labute approximate surface area is 160 Å². The monoisotopic (exact) mass is 398 g/mol. The van der Waals surface area contributed by atoms with Crippen LogP contribution in [0.4, 0.5) is 0 Å². The molecule has 0 aliphatic carbocycles. The van der Waals surface area contributed by atoms with Crippen LogP contribution in [0.1, 0.15) is 0 Å². The van der Waals surface area contributed by atoms with Gasteiger partial charge >= 0.3 is 0 Å². The first-order valence-corrected chi connectivity index (χ1v) is 9.35. The smallest absolute Gasteiger partial charge is 0.135 e. The Morgan fingerprint density at radius 2 is 1.19 bits per heavy atom. The molecule has 5 aromatic rings. The minimum absolute atomic E-state index is 0.924. The number of rotatable bonds is 2. The Bertz CT molecular complexity index is 1240. The van der Waals surface area contributed by atoms with Crippen molar-refractivity contribution in [3.63, 3.8) is 0 Å². The van der Waals surface area contributed by atoms with E-state index < -0.39 is 0 Å². The molecule has 0 radical (unpaired) electrons. The number of para-hydroxylation sites is 1. The zero-order chi connectivity index (χ0) is 17.5. The first-order valence-electron chi connectivity index (χ1n) is 8.56. The van der Waals surface area contributed by atoms with E-state index in [0.29, 0.717) is 0 Å². The number of hydrogen-bond acceptors (Lipinski definition) is 1. The molecule has 1 aromatic heterocycles. The fourth-order valence-electron chi connectivity index (χ4n) is 3.46. The third-order valence-electron chi connectivity index (χ3n) is 4.71. The summed E-state index contributed by atoms with van der Waals surface area (Å²) in [4.78, 5) is 0. The van der Waals surface area contributed by atoms with Gasteiger partial charge in [0, 0.05) is 15.2 Å². The number of halogens is 1. The second-order valence-electron chi connectivity index (χ2n) is 6.40. The minimum Gasteiger partial charge on any atom is -0.456 e. The van der Waals surface area contributed by atoms with Crippen LogP contribution in [0.15, 0.2) is 99.9 Å². The molecule has 1 heterocycles. The number of fused-ring (bicyclic) bond motifs is 3. The summed E-state index contributed by atoms with van der Waals surface area (Å²) in [6.07, 6.45) is 0. The highest BCUT2D eigenvalue weighted by Crippen LogP contribution is 2.35. The van der Waals surface area contributed by atoms with Crippen molar-refractivity contribution in [1.82, 2.24) is 0 Å². The molecule has 0 bridgehead atoms. The maximum Gasteiger partial charge on any atom is 0.135 e. The molecule has 2 heteroatoms. The number of benzene rings is 4. The maximum absolute atomic E-state index is 5.95. The highest BCUT2D eigenvalue weighted by Gasteiger charge is 2.09. The Hall–Kier alpha value is -2.84. The molecular formula is C24H15BrO. The molecular weight excluding hydrogens is 384 g/mol. The van der Waals surface area contributed by atoms with Crippen molar-refractivity contribution in [2.75, 3.05) is 0 Å². The van der Waals surface area contributed by atoms with E-state index in [1.54, 1.807) is 0 Å². The van der Waals surface area contributed by atoms with Gasteiger partial charge in [-0.1, -0.05) is 70.5 Å². The van der Waals surface area contributed by atoms with Gasteiger partial charge in [-0.25, -0.2) is 0 Å². The van der Waals surface area contributed by atoms with Crippen LogP contribution in [0.5, 0.6) is 0 Å². The summed E-state index contributed by atoms with van der Waals surface area (Å²) < 4.78 is 7.03. The van der Waals surface area contributed by atoms with Gasteiger partial charge in [-0.3, -0.25) is 0 Å². The van der Waals surface area contributed by atoms with Crippen LogP contribution >= 0.6 is 15.9 Å². The molecule has 0 aliphatic heterocycles. The summed E-state index contributed by atoms with van der Waals surface area (Å²) in [6, 6.07) is 31.6. The minimum atomic E-state index is 0.924. The van der Waals surface area contributed by atoms with Gasteiger partial charge < -0.3 is 4.42 Å². The zero-order valence-corrected chi connectivity index (χ0v) is 15.5. The second-order valence-corrected chi connectivity index (χ2v) is 7.32. The van der Waals surface area contributed by atoms with Crippen LogP contribution in [0.3, 0.4) is 0 Å². The SMILES string of the molecule is Brc1cc(-c2ccccc2)cc(-c2ccc3oc4ccccc4c3c2)c1. The molecule has 0 N–H and O–H groups in total. The summed E-state index contributed by atoms with van der Waals surface area (Å²) in [7, 11) is 0. The Morgan fingerprint density at radius 3 is 2.04 bits per heavy atom. The summed E-state index contributed by atoms with van der Waals surface area (Å²) in [5, 5.41) is 2.31. The van der Waals surface area contributed by atoms with E-state index in [-0.39, 0.29) is 0 Å². The van der Waals surface area contributed by atoms with Crippen LogP contribution in [0.25, 0.3) is 44.2 Å². The van der Waals surface area contributed by atoms with E-state index in [4.69, 9.17) is 4.42 Å². The van der Waals surface area contributed by atoms with Crippen LogP contribution < -0.4 is 0 Å². The van der Waals surface area contributed by atoms with E-state index in [1.165, 1.54) is 22.3 Å². The van der Waals surface area contributed by atoms with E-state index in [9.17, 15) is 0 Å². The maximum atomic E-state index is 5.95. The molecule has 0 saturated carbocycles. The summed E-state index contributed by atoms with van der Waals surface area (Å²) >= 11 is 3.67. The Kier molecular flexibility index (Phi) is 3.65. The Balaban J connectivity index is 1.70. The second kappa shape index (κ2) is 6.15. The van der Waals surface area contributed by atoms with Crippen molar-refractivity contribution >= 4 is 37.9 Å². The fourth-order valence-corrected chi connectivity index (χ4v) is 3.95. The van der Waals surface area contributed by atoms with Gasteiger partial charge in [-0.05, 0) is 58.7 Å². The normalized spacial score (nSPS) is 11.3. The predicted octanol–water partition coefficient (Wildman–Crippen LogP) is 7.68. The highest BCUT2D eigenvalue weighted by atomic mass is 79.9. The zero-order valence-electron chi connectivity index (χ0n) is 13.9. The van der Waals surface area contributed by atoms with Crippen LogP contribution in [-0.2, 0) is 0 Å². The first-order chi connectivity index (χ1) is 12.8. The van der Waals surface area contributed by atoms with Crippen molar-refractivity contribution in [2.24, 2.45) is 0 Å². The lowest BCUT2D eigenvalue weighted by Crippen LogP contribution is -1.83. The van der Waals surface area contributed by atoms with Crippen molar-refractivity contribution in [2.45, 2.75) is 0 Å². The van der Waals surface area contributed by atoms with Gasteiger partial charge in [0.2, 0.25) is 0 Å². The third-order valence-corrected chi connectivity index (χ3v) is 5.17. The lowest BCUT2D eigenvalue weighted by Gasteiger charge is -2.08. The average molecular weight is 399 g/mol. The molecule has 0 saturated heterocycles.